The van der Waals surface area contributed by atoms with E-state index in [9.17, 15) is 92.2 Å². The number of halogens is 21. The van der Waals surface area contributed by atoms with Gasteiger partial charge in [-0.3, -0.25) is 0 Å². The molecule has 0 fully saturated rings. The van der Waals surface area contributed by atoms with E-state index in [-0.39, 0.29) is 12.8 Å². The van der Waals surface area contributed by atoms with Gasteiger partial charge in [0.25, 0.3) is 0 Å². The van der Waals surface area contributed by atoms with Crippen LogP contribution in [0.15, 0.2) is 0 Å². The second-order valence-electron chi connectivity index (χ2n) is 10.6. The lowest BCUT2D eigenvalue weighted by Crippen LogP contribution is -2.76. The van der Waals surface area contributed by atoms with Crippen LogP contribution in [0.25, 0.3) is 0 Å². The van der Waals surface area contributed by atoms with E-state index in [1.165, 1.54) is 0 Å². The van der Waals surface area contributed by atoms with E-state index in [4.69, 9.17) is 0 Å². The van der Waals surface area contributed by atoms with Crippen LogP contribution in [-0.4, -0.2) is 59.5 Å². The Balaban J connectivity index is 5.99. The molecule has 0 bridgehead atoms. The summed E-state index contributed by atoms with van der Waals surface area (Å²) in [5.41, 5.74) is 0. The maximum Gasteiger partial charge on any atom is 0.460 e. The van der Waals surface area contributed by atoms with Crippen LogP contribution in [0.3, 0.4) is 0 Å². The minimum absolute atomic E-state index is 0.0193. The van der Waals surface area contributed by atoms with Gasteiger partial charge in [-0.05, 0) is 12.3 Å². The lowest BCUT2D eigenvalue weighted by molar-refractivity contribution is -0.474. The van der Waals surface area contributed by atoms with E-state index >= 15 is 0 Å². The summed E-state index contributed by atoms with van der Waals surface area (Å²) >= 11 is 0. The predicted molar refractivity (Wildman–Crippen MR) is 112 cm³/mol. The summed E-state index contributed by atoms with van der Waals surface area (Å²) < 4.78 is 281. The first kappa shape index (κ1) is 42.5. The monoisotopic (exact) mass is 702 g/mol. The summed E-state index contributed by atoms with van der Waals surface area (Å²) in [6, 6.07) is 0. The molecule has 0 amide bonds. The Morgan fingerprint density at radius 3 is 0.864 bits per heavy atom. The van der Waals surface area contributed by atoms with Crippen molar-refractivity contribution in [3.8, 4) is 0 Å². The van der Waals surface area contributed by atoms with Crippen LogP contribution in [0.2, 0.25) is 0 Å². The van der Waals surface area contributed by atoms with Gasteiger partial charge >= 0.3 is 59.5 Å². The molecule has 266 valence electrons. The number of unbranched alkanes of at least 4 members (excludes halogenated alkanes) is 7. The van der Waals surface area contributed by atoms with Crippen LogP contribution in [0.5, 0.6) is 0 Å². The van der Waals surface area contributed by atoms with E-state index in [1.54, 1.807) is 0 Å². The van der Waals surface area contributed by atoms with Crippen molar-refractivity contribution < 1.29 is 92.2 Å². The van der Waals surface area contributed by atoms with E-state index in [1.807, 2.05) is 13.8 Å². The maximum absolute atomic E-state index is 13.9. The minimum atomic E-state index is -9.13. The molecule has 0 nitrogen and oxygen atoms in total. The highest BCUT2D eigenvalue weighted by molar-refractivity contribution is 5.17. The zero-order valence-corrected chi connectivity index (χ0v) is 22.6. The van der Waals surface area contributed by atoms with E-state index < -0.39 is 78.7 Å². The van der Waals surface area contributed by atoms with Gasteiger partial charge in [-0.15, -0.1) is 0 Å². The van der Waals surface area contributed by atoms with Crippen molar-refractivity contribution in [3.05, 3.63) is 0 Å². The van der Waals surface area contributed by atoms with Crippen LogP contribution >= 0.6 is 0 Å². The van der Waals surface area contributed by atoms with Gasteiger partial charge in [0, 0.05) is 6.42 Å². The first-order chi connectivity index (χ1) is 19.2. The number of rotatable bonds is 19. The number of alkyl halides is 21. The van der Waals surface area contributed by atoms with Gasteiger partial charge in [-0.25, -0.2) is 0 Å². The normalized spacial score (nSPS) is 15.8. The van der Waals surface area contributed by atoms with E-state index in [0.717, 1.165) is 19.3 Å². The highest BCUT2D eigenvalue weighted by atomic mass is 19.4. The molecule has 0 aliphatic carbocycles. The third-order valence-electron chi connectivity index (χ3n) is 6.60. The molecule has 0 aromatic heterocycles. The third-order valence-corrected chi connectivity index (χ3v) is 6.60. The summed E-state index contributed by atoms with van der Waals surface area (Å²) in [5.74, 6) is -75.9. The topological polar surface area (TPSA) is 0 Å². The van der Waals surface area contributed by atoms with Crippen LogP contribution in [0.1, 0.15) is 78.1 Å². The average molecular weight is 702 g/mol. The summed E-state index contributed by atoms with van der Waals surface area (Å²) in [4.78, 5) is 0. The minimum Gasteiger partial charge on any atom is -0.200 e. The van der Waals surface area contributed by atoms with Gasteiger partial charge in [0.15, 0.2) is 0 Å². The van der Waals surface area contributed by atoms with Crippen LogP contribution in [0, 0.1) is 5.92 Å². The highest BCUT2D eigenvalue weighted by Crippen LogP contribution is 2.66. The second kappa shape index (κ2) is 13.3. The maximum atomic E-state index is 13.9. The van der Waals surface area contributed by atoms with Crippen molar-refractivity contribution in [2.45, 2.75) is 138 Å². The molecule has 0 N–H and O–H groups in total. The molecule has 0 radical (unpaired) electrons. The molecule has 0 rings (SSSR count). The SMILES string of the molecule is CC(C)CCCCCCCCCCC(F)(F)C(F)(F)C(F)(F)C(F)(F)C(F)(F)C(F)(F)C(F)(F)C(F)(F)C(F)(F)C(F)(F)F. The Bertz CT molecular complexity index is 900. The molecule has 0 saturated carbocycles. The molecule has 0 aliphatic rings. The van der Waals surface area contributed by atoms with E-state index in [0.29, 0.717) is 18.8 Å². The molecule has 0 aliphatic heterocycles. The van der Waals surface area contributed by atoms with Gasteiger partial charge in [-0.2, -0.15) is 92.2 Å². The largest absolute Gasteiger partial charge is 0.460 e. The fraction of sp³-hybridized carbons (Fsp3) is 1.00. The fourth-order valence-electron chi connectivity index (χ4n) is 3.71. The molecule has 0 atom stereocenters. The van der Waals surface area contributed by atoms with Gasteiger partial charge in [0.05, 0.1) is 0 Å². The van der Waals surface area contributed by atoms with Crippen molar-refractivity contribution in [2.75, 3.05) is 0 Å². The van der Waals surface area contributed by atoms with Crippen LogP contribution < -0.4 is 0 Å². The Hall–Kier alpha value is -1.47. The first-order valence-corrected chi connectivity index (χ1v) is 12.6. The molecule has 0 saturated heterocycles. The second-order valence-corrected chi connectivity index (χ2v) is 10.6. The Morgan fingerprint density at radius 1 is 0.318 bits per heavy atom. The molecular formula is C23H27F21. The number of hydrogen-bond acceptors (Lipinski definition) is 0. The average Bonchev–Trinajstić information content (AvgIpc) is 2.83. The van der Waals surface area contributed by atoms with Crippen molar-refractivity contribution in [2.24, 2.45) is 5.92 Å². The highest BCUT2D eigenvalue weighted by Gasteiger charge is 2.97. The quantitative estimate of drug-likeness (QED) is 0.0929. The molecule has 0 aromatic carbocycles. The standard InChI is InChI=1S/C23H27F21/c1-13(2)11-9-7-5-3-4-6-8-10-12-14(24,25)15(26,27)16(28,29)17(30,31)18(32,33)19(34,35)20(36,37)21(38,39)22(40,41)23(42,43)44/h13H,3-12H2,1-2H3. The van der Waals surface area contributed by atoms with Gasteiger partial charge in [0.2, 0.25) is 0 Å². The van der Waals surface area contributed by atoms with Crippen molar-refractivity contribution >= 4 is 0 Å². The van der Waals surface area contributed by atoms with Crippen molar-refractivity contribution in [3.63, 3.8) is 0 Å². The van der Waals surface area contributed by atoms with E-state index in [2.05, 4.69) is 0 Å². The zero-order valence-electron chi connectivity index (χ0n) is 22.6. The third kappa shape index (κ3) is 7.24. The Morgan fingerprint density at radius 2 is 0.568 bits per heavy atom. The van der Waals surface area contributed by atoms with Crippen molar-refractivity contribution in [1.29, 1.82) is 0 Å². The molecule has 44 heavy (non-hydrogen) atoms. The van der Waals surface area contributed by atoms with Gasteiger partial charge < -0.3 is 0 Å². The fourth-order valence-corrected chi connectivity index (χ4v) is 3.71. The zero-order chi connectivity index (χ0) is 35.6. The molecule has 0 heterocycles. The first-order valence-electron chi connectivity index (χ1n) is 12.6. The summed E-state index contributed by atoms with van der Waals surface area (Å²) in [6.07, 6.45) is -8.22. The molecular weight excluding hydrogens is 675 g/mol. The Labute approximate surface area is 236 Å². The van der Waals surface area contributed by atoms with Gasteiger partial charge in [-0.1, -0.05) is 65.2 Å². The summed E-state index contributed by atoms with van der Waals surface area (Å²) in [6.45, 7) is 3.92. The molecule has 0 unspecified atom stereocenters. The van der Waals surface area contributed by atoms with Crippen LogP contribution in [0.4, 0.5) is 92.2 Å². The van der Waals surface area contributed by atoms with Gasteiger partial charge in [0.1, 0.15) is 0 Å². The molecule has 0 spiro atoms. The molecule has 21 heteroatoms. The lowest BCUT2D eigenvalue weighted by atomic mass is 9.85. The van der Waals surface area contributed by atoms with Crippen LogP contribution in [-0.2, 0) is 0 Å². The predicted octanol–water partition coefficient (Wildman–Crippen LogP) is 11.8. The summed E-state index contributed by atoms with van der Waals surface area (Å²) in [7, 11) is 0. The molecule has 0 aromatic rings. The lowest BCUT2D eigenvalue weighted by Gasteiger charge is -2.44. The van der Waals surface area contributed by atoms with Crippen molar-refractivity contribution in [1.82, 2.24) is 0 Å². The number of hydrogen-bond donors (Lipinski definition) is 0. The smallest absolute Gasteiger partial charge is 0.200 e. The summed E-state index contributed by atoms with van der Waals surface area (Å²) in [5, 5.41) is 0. The Kier molecular flexibility index (Phi) is 12.9.